The summed E-state index contributed by atoms with van der Waals surface area (Å²) in [5, 5.41) is 3.70. The van der Waals surface area contributed by atoms with Crippen LogP contribution in [0.25, 0.3) is 0 Å². The third kappa shape index (κ3) is 2.10. The fourth-order valence-corrected chi connectivity index (χ4v) is 4.22. The smallest absolute Gasteiger partial charge is 0.244 e. The van der Waals surface area contributed by atoms with E-state index in [0.29, 0.717) is 24.0 Å². The Labute approximate surface area is 117 Å². The minimum atomic E-state index is -0.313. The lowest BCUT2D eigenvalue weighted by molar-refractivity contribution is -0.138. The highest BCUT2D eigenvalue weighted by atomic mass is 16.2. The Balaban J connectivity index is 1.81. The molecule has 1 saturated heterocycles. The highest BCUT2D eigenvalue weighted by Gasteiger charge is 2.53. The van der Waals surface area contributed by atoms with Gasteiger partial charge in [-0.3, -0.25) is 10.1 Å². The SMILES string of the molecule is CCC1(C)NC(C2CCCC2)N(C2CC(C)C2)C1=O. The zero-order chi connectivity index (χ0) is 13.6. The van der Waals surface area contributed by atoms with Crippen LogP contribution < -0.4 is 5.32 Å². The van der Waals surface area contributed by atoms with Gasteiger partial charge in [-0.2, -0.15) is 0 Å². The molecule has 3 nitrogen and oxygen atoms in total. The Bertz CT molecular complexity index is 358. The number of carbonyl (C=O) groups excluding carboxylic acids is 1. The predicted molar refractivity (Wildman–Crippen MR) is 76.6 cm³/mol. The van der Waals surface area contributed by atoms with Crippen molar-refractivity contribution in [3.8, 4) is 0 Å². The maximum Gasteiger partial charge on any atom is 0.244 e. The van der Waals surface area contributed by atoms with Crippen LogP contribution >= 0.6 is 0 Å². The minimum Gasteiger partial charge on any atom is -0.322 e. The second-order valence-corrected chi connectivity index (χ2v) is 7.26. The van der Waals surface area contributed by atoms with Gasteiger partial charge in [0.05, 0.1) is 11.7 Å². The third-order valence-corrected chi connectivity index (χ3v) is 5.77. The summed E-state index contributed by atoms with van der Waals surface area (Å²) in [6, 6.07) is 0.508. The Morgan fingerprint density at radius 2 is 1.95 bits per heavy atom. The van der Waals surface area contributed by atoms with E-state index in [2.05, 4.69) is 31.0 Å². The van der Waals surface area contributed by atoms with Crippen LogP contribution in [-0.4, -0.2) is 28.6 Å². The van der Waals surface area contributed by atoms with Gasteiger partial charge in [-0.05, 0) is 50.9 Å². The van der Waals surface area contributed by atoms with Crippen molar-refractivity contribution in [2.75, 3.05) is 0 Å². The highest BCUT2D eigenvalue weighted by molar-refractivity contribution is 5.88. The first-order valence-corrected chi connectivity index (χ1v) is 8.15. The van der Waals surface area contributed by atoms with Gasteiger partial charge in [-0.1, -0.05) is 26.7 Å². The first kappa shape index (κ1) is 13.4. The lowest BCUT2D eigenvalue weighted by atomic mass is 9.80. The number of hydrogen-bond acceptors (Lipinski definition) is 2. The molecule has 108 valence electrons. The summed E-state index contributed by atoms with van der Waals surface area (Å²) in [4.78, 5) is 15.1. The number of amides is 1. The van der Waals surface area contributed by atoms with E-state index in [-0.39, 0.29) is 5.54 Å². The fourth-order valence-electron chi connectivity index (χ4n) is 4.22. The number of nitrogens with zero attached hydrogens (tertiary/aromatic N) is 1. The van der Waals surface area contributed by atoms with Crippen LogP contribution in [-0.2, 0) is 4.79 Å². The van der Waals surface area contributed by atoms with Gasteiger partial charge in [0.1, 0.15) is 0 Å². The van der Waals surface area contributed by atoms with E-state index in [1.165, 1.54) is 38.5 Å². The molecule has 2 saturated carbocycles. The quantitative estimate of drug-likeness (QED) is 0.850. The molecule has 3 heteroatoms. The van der Waals surface area contributed by atoms with Gasteiger partial charge in [0.2, 0.25) is 5.91 Å². The monoisotopic (exact) mass is 264 g/mol. The van der Waals surface area contributed by atoms with Crippen LogP contribution in [0.2, 0.25) is 0 Å². The molecular formula is C16H28N2O. The van der Waals surface area contributed by atoms with Crippen LogP contribution in [0.4, 0.5) is 0 Å². The summed E-state index contributed by atoms with van der Waals surface area (Å²) in [6.07, 6.45) is 8.90. The lowest BCUT2D eigenvalue weighted by Gasteiger charge is -2.43. The molecule has 2 unspecified atom stereocenters. The summed E-state index contributed by atoms with van der Waals surface area (Å²) >= 11 is 0. The molecule has 0 radical (unpaired) electrons. The average molecular weight is 264 g/mol. The molecule has 0 aromatic rings. The van der Waals surface area contributed by atoms with Crippen LogP contribution in [0, 0.1) is 11.8 Å². The van der Waals surface area contributed by atoms with E-state index in [4.69, 9.17) is 0 Å². The number of nitrogens with one attached hydrogen (secondary N) is 1. The molecule has 0 aromatic heterocycles. The van der Waals surface area contributed by atoms with Crippen LogP contribution in [0.15, 0.2) is 0 Å². The van der Waals surface area contributed by atoms with Crippen molar-refractivity contribution in [2.24, 2.45) is 11.8 Å². The molecule has 3 fully saturated rings. The molecule has 1 N–H and O–H groups in total. The first-order chi connectivity index (χ1) is 9.05. The van der Waals surface area contributed by atoms with Crippen molar-refractivity contribution in [2.45, 2.75) is 83.5 Å². The van der Waals surface area contributed by atoms with Crippen LogP contribution in [0.5, 0.6) is 0 Å². The van der Waals surface area contributed by atoms with Crippen molar-refractivity contribution < 1.29 is 4.79 Å². The minimum absolute atomic E-state index is 0.313. The van der Waals surface area contributed by atoms with Crippen LogP contribution in [0.3, 0.4) is 0 Å². The molecule has 2 atom stereocenters. The molecule has 0 aromatic carbocycles. The molecule has 0 bridgehead atoms. The average Bonchev–Trinajstić information content (AvgIpc) is 2.95. The molecule has 0 spiro atoms. The largest absolute Gasteiger partial charge is 0.322 e. The van der Waals surface area contributed by atoms with Gasteiger partial charge in [-0.25, -0.2) is 0 Å². The molecule has 1 heterocycles. The van der Waals surface area contributed by atoms with E-state index in [1.54, 1.807) is 0 Å². The standard InChI is InChI=1S/C16H28N2O/c1-4-16(3)15(19)18(13-9-11(2)10-13)14(17-16)12-7-5-6-8-12/h11-14,17H,4-10H2,1-3H3. The van der Waals surface area contributed by atoms with Crippen molar-refractivity contribution in [3.05, 3.63) is 0 Å². The number of rotatable bonds is 3. The Morgan fingerprint density at radius 3 is 2.47 bits per heavy atom. The third-order valence-electron chi connectivity index (χ3n) is 5.77. The summed E-state index contributed by atoms with van der Waals surface area (Å²) in [5.74, 6) is 1.85. The summed E-state index contributed by atoms with van der Waals surface area (Å²) in [7, 11) is 0. The maximum absolute atomic E-state index is 12.8. The maximum atomic E-state index is 12.8. The van der Waals surface area contributed by atoms with E-state index in [0.717, 1.165) is 12.3 Å². The molecule has 19 heavy (non-hydrogen) atoms. The normalized spacial score (nSPS) is 43.8. The number of carbonyl (C=O) groups is 1. The van der Waals surface area contributed by atoms with Gasteiger partial charge in [0.25, 0.3) is 0 Å². The Hall–Kier alpha value is -0.570. The summed E-state index contributed by atoms with van der Waals surface area (Å²) < 4.78 is 0. The predicted octanol–water partition coefficient (Wildman–Crippen LogP) is 2.90. The number of hydrogen-bond donors (Lipinski definition) is 1. The van der Waals surface area contributed by atoms with Gasteiger partial charge in [0, 0.05) is 6.04 Å². The summed E-state index contributed by atoms with van der Waals surface area (Å²) in [6.45, 7) is 6.52. The second kappa shape index (κ2) is 4.76. The Morgan fingerprint density at radius 1 is 1.32 bits per heavy atom. The van der Waals surface area contributed by atoms with Crippen molar-refractivity contribution in [3.63, 3.8) is 0 Å². The molecule has 2 aliphatic carbocycles. The van der Waals surface area contributed by atoms with Gasteiger partial charge in [0.15, 0.2) is 0 Å². The topological polar surface area (TPSA) is 32.3 Å². The van der Waals surface area contributed by atoms with E-state index >= 15 is 0 Å². The Kier molecular flexibility index (Phi) is 3.36. The van der Waals surface area contributed by atoms with Crippen LogP contribution in [0.1, 0.15) is 65.7 Å². The zero-order valence-corrected chi connectivity index (χ0v) is 12.6. The van der Waals surface area contributed by atoms with Crippen molar-refractivity contribution in [1.29, 1.82) is 0 Å². The van der Waals surface area contributed by atoms with Gasteiger partial charge >= 0.3 is 0 Å². The van der Waals surface area contributed by atoms with Gasteiger partial charge < -0.3 is 4.90 Å². The van der Waals surface area contributed by atoms with Crippen molar-refractivity contribution >= 4 is 5.91 Å². The molecule has 3 rings (SSSR count). The molecular weight excluding hydrogens is 236 g/mol. The van der Waals surface area contributed by atoms with Gasteiger partial charge in [-0.15, -0.1) is 0 Å². The molecule has 1 amide bonds. The van der Waals surface area contributed by atoms with Crippen molar-refractivity contribution in [1.82, 2.24) is 10.2 Å². The lowest BCUT2D eigenvalue weighted by Crippen LogP contribution is -2.52. The van der Waals surface area contributed by atoms with E-state index < -0.39 is 0 Å². The summed E-state index contributed by atoms with van der Waals surface area (Å²) in [5.41, 5.74) is -0.313. The van der Waals surface area contributed by atoms with E-state index in [9.17, 15) is 4.79 Å². The molecule has 3 aliphatic rings. The molecule has 1 aliphatic heterocycles. The second-order valence-electron chi connectivity index (χ2n) is 7.26. The zero-order valence-electron chi connectivity index (χ0n) is 12.6. The highest BCUT2D eigenvalue weighted by Crippen LogP contribution is 2.41. The first-order valence-electron chi connectivity index (χ1n) is 8.15. The fraction of sp³-hybridized carbons (Fsp3) is 0.938. The van der Waals surface area contributed by atoms with E-state index in [1.807, 2.05) is 0 Å².